The van der Waals surface area contributed by atoms with Crippen molar-refractivity contribution in [2.45, 2.75) is 57.5 Å². The third kappa shape index (κ3) is 2.84. The molecule has 1 aromatic rings. The molecule has 3 atom stereocenters. The normalized spacial score (nSPS) is 30.7. The molecule has 1 unspecified atom stereocenters. The molecule has 1 saturated heterocycles. The summed E-state index contributed by atoms with van der Waals surface area (Å²) in [5, 5.41) is 6.72. The largest absolute Gasteiger partial charge is 0.349 e. The predicted octanol–water partition coefficient (Wildman–Crippen LogP) is 2.91. The van der Waals surface area contributed by atoms with Gasteiger partial charge in [-0.15, -0.1) is 0 Å². The molecule has 3 nitrogen and oxygen atoms in total. The minimum absolute atomic E-state index is 0.149. The highest BCUT2D eigenvalue weighted by molar-refractivity contribution is 5.79. The maximum Gasteiger partial charge on any atom is 0.223 e. The number of amides is 1. The van der Waals surface area contributed by atoms with E-state index in [0.717, 1.165) is 25.8 Å². The van der Waals surface area contributed by atoms with E-state index in [4.69, 9.17) is 0 Å². The fourth-order valence-electron chi connectivity index (χ4n) is 3.94. The van der Waals surface area contributed by atoms with Crippen molar-refractivity contribution in [2.75, 3.05) is 6.54 Å². The Labute approximate surface area is 127 Å². The lowest BCUT2D eigenvalue weighted by atomic mass is 9.86. The zero-order valence-corrected chi connectivity index (χ0v) is 13.3. The Hall–Kier alpha value is -1.35. The fraction of sp³-hybridized carbons (Fsp3) is 0.611. The van der Waals surface area contributed by atoms with Crippen molar-refractivity contribution >= 4 is 5.91 Å². The number of fused-ring (bicyclic) bond motifs is 1. The molecule has 1 fully saturated rings. The highest BCUT2D eigenvalue weighted by atomic mass is 16.1. The Balaban J connectivity index is 1.73. The molecule has 0 saturated carbocycles. The van der Waals surface area contributed by atoms with Gasteiger partial charge in [0.25, 0.3) is 0 Å². The first-order valence-corrected chi connectivity index (χ1v) is 8.10. The molecule has 1 heterocycles. The van der Waals surface area contributed by atoms with Gasteiger partial charge >= 0.3 is 0 Å². The lowest BCUT2D eigenvalue weighted by molar-refractivity contribution is -0.126. The van der Waals surface area contributed by atoms with Crippen LogP contribution in [0.25, 0.3) is 0 Å². The summed E-state index contributed by atoms with van der Waals surface area (Å²) in [5.74, 6) is 0.401. The molecule has 0 spiro atoms. The maximum absolute atomic E-state index is 12.6. The van der Waals surface area contributed by atoms with Gasteiger partial charge in [-0.1, -0.05) is 38.1 Å². The summed E-state index contributed by atoms with van der Waals surface area (Å²) in [6, 6.07) is 9.16. The molecular weight excluding hydrogens is 260 g/mol. The first-order chi connectivity index (χ1) is 9.97. The van der Waals surface area contributed by atoms with Crippen molar-refractivity contribution in [1.82, 2.24) is 10.6 Å². The summed E-state index contributed by atoms with van der Waals surface area (Å²) < 4.78 is 0. The van der Waals surface area contributed by atoms with Crippen LogP contribution in [0.15, 0.2) is 24.3 Å². The van der Waals surface area contributed by atoms with Crippen molar-refractivity contribution in [3.63, 3.8) is 0 Å². The molecule has 1 aliphatic carbocycles. The van der Waals surface area contributed by atoms with Gasteiger partial charge in [0.1, 0.15) is 0 Å². The van der Waals surface area contributed by atoms with Crippen molar-refractivity contribution in [3.05, 3.63) is 35.4 Å². The van der Waals surface area contributed by atoms with E-state index in [0.29, 0.717) is 6.04 Å². The second-order valence-corrected chi connectivity index (χ2v) is 7.31. The quantitative estimate of drug-likeness (QED) is 0.877. The van der Waals surface area contributed by atoms with Gasteiger partial charge in [-0.05, 0) is 49.3 Å². The van der Waals surface area contributed by atoms with E-state index >= 15 is 0 Å². The Kier molecular flexibility index (Phi) is 3.78. The van der Waals surface area contributed by atoms with E-state index in [1.807, 2.05) is 0 Å². The van der Waals surface area contributed by atoms with Gasteiger partial charge in [0, 0.05) is 12.0 Å². The van der Waals surface area contributed by atoms with Gasteiger partial charge < -0.3 is 10.6 Å². The highest BCUT2D eigenvalue weighted by Crippen LogP contribution is 2.44. The SMILES string of the molecule is C[C@H]1C[C@@H](C(=O)NC2CC(C)(C)c3ccccc32)CCN1. The number of benzene rings is 1. The molecule has 3 rings (SSSR count). The van der Waals surface area contributed by atoms with Crippen LogP contribution < -0.4 is 10.6 Å². The Bertz CT molecular complexity index is 538. The third-order valence-corrected chi connectivity index (χ3v) is 5.09. The van der Waals surface area contributed by atoms with Crippen molar-refractivity contribution in [3.8, 4) is 0 Å². The van der Waals surface area contributed by atoms with E-state index in [1.165, 1.54) is 11.1 Å². The van der Waals surface area contributed by atoms with Gasteiger partial charge in [-0.2, -0.15) is 0 Å². The monoisotopic (exact) mass is 286 g/mol. The van der Waals surface area contributed by atoms with Crippen LogP contribution in [0, 0.1) is 5.92 Å². The number of hydrogen-bond acceptors (Lipinski definition) is 2. The van der Waals surface area contributed by atoms with E-state index in [-0.39, 0.29) is 23.3 Å². The topological polar surface area (TPSA) is 41.1 Å². The second kappa shape index (κ2) is 5.45. The van der Waals surface area contributed by atoms with Crippen LogP contribution >= 0.6 is 0 Å². The van der Waals surface area contributed by atoms with E-state index in [1.54, 1.807) is 0 Å². The first-order valence-electron chi connectivity index (χ1n) is 8.10. The van der Waals surface area contributed by atoms with Crippen LogP contribution in [-0.2, 0) is 10.2 Å². The van der Waals surface area contributed by atoms with E-state index in [9.17, 15) is 4.79 Å². The van der Waals surface area contributed by atoms with Gasteiger partial charge in [0.15, 0.2) is 0 Å². The molecule has 1 aliphatic heterocycles. The molecule has 1 aromatic carbocycles. The van der Waals surface area contributed by atoms with Crippen molar-refractivity contribution < 1.29 is 4.79 Å². The molecule has 0 aromatic heterocycles. The minimum atomic E-state index is 0.149. The molecule has 21 heavy (non-hydrogen) atoms. The molecule has 0 radical (unpaired) electrons. The van der Waals surface area contributed by atoms with Crippen LogP contribution in [0.1, 0.15) is 57.2 Å². The summed E-state index contributed by atoms with van der Waals surface area (Å²) in [5.41, 5.74) is 2.84. The molecule has 1 amide bonds. The van der Waals surface area contributed by atoms with Gasteiger partial charge in [-0.3, -0.25) is 4.79 Å². The van der Waals surface area contributed by atoms with Crippen LogP contribution in [-0.4, -0.2) is 18.5 Å². The predicted molar refractivity (Wildman–Crippen MR) is 85.2 cm³/mol. The number of carbonyl (C=O) groups is 1. The third-order valence-electron chi connectivity index (χ3n) is 5.09. The number of nitrogens with one attached hydrogen (secondary N) is 2. The average Bonchev–Trinajstić information content (AvgIpc) is 2.71. The zero-order chi connectivity index (χ0) is 15.0. The van der Waals surface area contributed by atoms with Crippen molar-refractivity contribution in [2.24, 2.45) is 5.92 Å². The summed E-state index contributed by atoms with van der Waals surface area (Å²) >= 11 is 0. The molecule has 0 bridgehead atoms. The van der Waals surface area contributed by atoms with Crippen LogP contribution in [0.4, 0.5) is 0 Å². The van der Waals surface area contributed by atoms with Crippen LogP contribution in [0.3, 0.4) is 0 Å². The number of carbonyl (C=O) groups excluding carboxylic acids is 1. The number of piperidine rings is 1. The summed E-state index contributed by atoms with van der Waals surface area (Å²) in [7, 11) is 0. The number of rotatable bonds is 2. The lowest BCUT2D eigenvalue weighted by Crippen LogP contribution is -2.43. The summed E-state index contributed by atoms with van der Waals surface area (Å²) in [6.07, 6.45) is 2.90. The standard InChI is InChI=1S/C18H26N2O/c1-12-10-13(8-9-19-12)17(21)20-16-11-18(2,3)15-7-5-4-6-14(15)16/h4-7,12-13,16,19H,8-11H2,1-3H3,(H,20,21)/t12-,13-,16?/m0/s1. The molecule has 3 heteroatoms. The Morgan fingerprint density at radius 1 is 1.33 bits per heavy atom. The van der Waals surface area contributed by atoms with Crippen LogP contribution in [0.2, 0.25) is 0 Å². The fourth-order valence-corrected chi connectivity index (χ4v) is 3.94. The minimum Gasteiger partial charge on any atom is -0.349 e. The van der Waals surface area contributed by atoms with Crippen molar-refractivity contribution in [1.29, 1.82) is 0 Å². The molecule has 2 N–H and O–H groups in total. The van der Waals surface area contributed by atoms with Gasteiger partial charge in [-0.25, -0.2) is 0 Å². The number of hydrogen-bond donors (Lipinski definition) is 2. The van der Waals surface area contributed by atoms with Gasteiger partial charge in [0.2, 0.25) is 5.91 Å². The molecule has 114 valence electrons. The highest BCUT2D eigenvalue weighted by Gasteiger charge is 2.38. The lowest BCUT2D eigenvalue weighted by Gasteiger charge is -2.28. The van der Waals surface area contributed by atoms with E-state index in [2.05, 4.69) is 55.7 Å². The van der Waals surface area contributed by atoms with Gasteiger partial charge in [0.05, 0.1) is 6.04 Å². The van der Waals surface area contributed by atoms with Crippen LogP contribution in [0.5, 0.6) is 0 Å². The maximum atomic E-state index is 12.6. The smallest absolute Gasteiger partial charge is 0.223 e. The Morgan fingerprint density at radius 2 is 2.10 bits per heavy atom. The zero-order valence-electron chi connectivity index (χ0n) is 13.3. The summed E-state index contributed by atoms with van der Waals surface area (Å²) in [6.45, 7) is 7.65. The van der Waals surface area contributed by atoms with E-state index < -0.39 is 0 Å². The summed E-state index contributed by atoms with van der Waals surface area (Å²) in [4.78, 5) is 12.6. The first kappa shape index (κ1) is 14.6. The average molecular weight is 286 g/mol. The second-order valence-electron chi connectivity index (χ2n) is 7.31. The molecular formula is C18H26N2O. The Morgan fingerprint density at radius 3 is 2.86 bits per heavy atom. The molecule has 2 aliphatic rings.